The number of Topliss-reactive ketones (excluding diaryl/α,β-unsaturated/α-hetero) is 1. The fraction of sp³-hybridized carbons (Fsp3) is 0.250. The van der Waals surface area contributed by atoms with E-state index in [0.717, 1.165) is 17.8 Å². The Morgan fingerprint density at radius 2 is 2.12 bits per heavy atom. The summed E-state index contributed by atoms with van der Waals surface area (Å²) >= 11 is 0. The molecule has 2 heterocycles. The normalized spacial score (nSPS) is 14.0. The summed E-state index contributed by atoms with van der Waals surface area (Å²) in [6, 6.07) is 5.80. The van der Waals surface area contributed by atoms with E-state index in [-0.39, 0.29) is 18.7 Å². The van der Waals surface area contributed by atoms with Crippen LogP contribution in [0.4, 0.5) is 13.2 Å². The Morgan fingerprint density at radius 3 is 2.83 bits per heavy atom. The number of rotatable bonds is 3. The first kappa shape index (κ1) is 16.7. The van der Waals surface area contributed by atoms with Gasteiger partial charge in [0.1, 0.15) is 0 Å². The van der Waals surface area contributed by atoms with E-state index in [1.165, 1.54) is 6.92 Å². The molecule has 0 bridgehead atoms. The van der Waals surface area contributed by atoms with E-state index >= 15 is 0 Å². The number of ketones is 1. The second-order valence-corrected chi connectivity index (χ2v) is 5.67. The molecule has 0 saturated carbocycles. The van der Waals surface area contributed by atoms with Crippen molar-refractivity contribution >= 4 is 18.4 Å². The lowest BCUT2D eigenvalue weighted by atomic mass is 9.78. The zero-order chi connectivity index (χ0) is 17.5. The predicted octanol–water partition coefficient (Wildman–Crippen LogP) is 2.05. The molecule has 0 spiro atoms. The first-order chi connectivity index (χ1) is 11.3. The van der Waals surface area contributed by atoms with Crippen molar-refractivity contribution in [2.45, 2.75) is 26.1 Å². The molecular weight excluding hydrogens is 322 g/mol. The zero-order valence-electron chi connectivity index (χ0n) is 12.7. The van der Waals surface area contributed by atoms with Crippen LogP contribution >= 0.6 is 0 Å². The molecule has 0 saturated heterocycles. The summed E-state index contributed by atoms with van der Waals surface area (Å²) in [6.07, 6.45) is -3.87. The van der Waals surface area contributed by atoms with Gasteiger partial charge in [-0.05, 0) is 29.6 Å². The largest absolute Gasteiger partial charge is 0.491 e. The number of fused-ring (bicyclic) bond motifs is 1. The number of nitrogens with zero attached hydrogens (tertiary/aromatic N) is 1. The second kappa shape index (κ2) is 6.03. The Balaban J connectivity index is 1.90. The van der Waals surface area contributed by atoms with Crippen LogP contribution in [-0.2, 0) is 23.9 Å². The van der Waals surface area contributed by atoms with E-state index in [9.17, 15) is 23.0 Å². The van der Waals surface area contributed by atoms with Crippen molar-refractivity contribution in [2.75, 3.05) is 0 Å². The summed E-state index contributed by atoms with van der Waals surface area (Å²) in [4.78, 5) is 16.1. The van der Waals surface area contributed by atoms with Crippen molar-refractivity contribution in [1.82, 2.24) is 4.98 Å². The van der Waals surface area contributed by atoms with E-state index in [0.29, 0.717) is 11.0 Å². The van der Waals surface area contributed by atoms with Crippen molar-refractivity contribution in [3.8, 4) is 0 Å². The highest BCUT2D eigenvalue weighted by atomic mass is 19.4. The molecule has 1 N–H and O–H groups in total. The monoisotopic (exact) mass is 335 g/mol. The number of alkyl halides is 3. The van der Waals surface area contributed by atoms with Gasteiger partial charge in [0, 0.05) is 23.9 Å². The molecule has 124 valence electrons. The first-order valence-corrected chi connectivity index (χ1v) is 7.24. The smallest absolute Gasteiger partial charge is 0.423 e. The van der Waals surface area contributed by atoms with Crippen molar-refractivity contribution < 1.29 is 27.6 Å². The molecule has 0 fully saturated rings. The van der Waals surface area contributed by atoms with E-state index < -0.39 is 30.2 Å². The van der Waals surface area contributed by atoms with E-state index in [4.69, 9.17) is 4.65 Å². The van der Waals surface area contributed by atoms with Gasteiger partial charge in [0.2, 0.25) is 0 Å². The number of halogens is 3. The second-order valence-electron chi connectivity index (χ2n) is 5.67. The third-order valence-corrected chi connectivity index (χ3v) is 3.88. The van der Waals surface area contributed by atoms with Crippen LogP contribution in [0.25, 0.3) is 0 Å². The van der Waals surface area contributed by atoms with Crippen LogP contribution in [0.5, 0.6) is 0 Å². The van der Waals surface area contributed by atoms with Crippen LogP contribution in [0.3, 0.4) is 0 Å². The highest BCUT2D eigenvalue weighted by Crippen LogP contribution is 2.32. The third kappa shape index (κ3) is 3.20. The van der Waals surface area contributed by atoms with Crippen LogP contribution < -0.4 is 5.46 Å². The minimum atomic E-state index is -4.62. The Morgan fingerprint density at radius 1 is 1.38 bits per heavy atom. The summed E-state index contributed by atoms with van der Waals surface area (Å²) < 4.78 is 44.4. The molecule has 1 aromatic carbocycles. The van der Waals surface area contributed by atoms with Gasteiger partial charge in [-0.1, -0.05) is 18.2 Å². The molecule has 0 radical (unpaired) electrons. The minimum absolute atomic E-state index is 0.191. The number of pyridine rings is 1. The molecule has 8 heteroatoms. The highest BCUT2D eigenvalue weighted by Gasteiger charge is 2.35. The molecule has 0 amide bonds. The quantitative estimate of drug-likeness (QED) is 0.689. The first-order valence-electron chi connectivity index (χ1n) is 7.24. The topological polar surface area (TPSA) is 59.4 Å². The number of hydrogen-bond donors (Lipinski definition) is 1. The maximum atomic E-state index is 13.1. The molecule has 0 atom stereocenters. The van der Waals surface area contributed by atoms with Crippen LogP contribution in [0.2, 0.25) is 0 Å². The third-order valence-electron chi connectivity index (χ3n) is 3.88. The van der Waals surface area contributed by atoms with Gasteiger partial charge in [0.25, 0.3) is 0 Å². The molecule has 2 aromatic rings. The average molecular weight is 335 g/mol. The van der Waals surface area contributed by atoms with Gasteiger partial charge in [-0.25, -0.2) is 0 Å². The Kier molecular flexibility index (Phi) is 4.19. The summed E-state index contributed by atoms with van der Waals surface area (Å²) in [5.74, 6) is -0.678. The van der Waals surface area contributed by atoms with Crippen molar-refractivity contribution in [3.05, 3.63) is 58.4 Å². The lowest BCUT2D eigenvalue weighted by Crippen LogP contribution is -2.28. The molecule has 3 rings (SSSR count). The molecule has 1 aliphatic rings. The Bertz CT molecular complexity index is 808. The molecule has 1 aliphatic heterocycles. The van der Waals surface area contributed by atoms with E-state index in [2.05, 4.69) is 4.98 Å². The Hall–Kier alpha value is -2.19. The minimum Gasteiger partial charge on any atom is -0.423 e. The summed E-state index contributed by atoms with van der Waals surface area (Å²) in [6.45, 7) is 1.70. The molecule has 24 heavy (non-hydrogen) atoms. The predicted molar refractivity (Wildman–Crippen MR) is 80.8 cm³/mol. The summed E-state index contributed by atoms with van der Waals surface area (Å²) in [5, 5.41) is 9.67. The van der Waals surface area contributed by atoms with Gasteiger partial charge in [0.05, 0.1) is 12.2 Å². The van der Waals surface area contributed by atoms with Crippen molar-refractivity contribution in [3.63, 3.8) is 0 Å². The molecule has 0 aliphatic carbocycles. The number of carbonyl (C=O) groups excluding carboxylic acids is 1. The fourth-order valence-electron chi connectivity index (χ4n) is 2.67. The molecule has 0 unspecified atom stereocenters. The van der Waals surface area contributed by atoms with Crippen LogP contribution in [0.1, 0.15) is 32.7 Å². The van der Waals surface area contributed by atoms with Gasteiger partial charge in [0.15, 0.2) is 5.78 Å². The van der Waals surface area contributed by atoms with Crippen LogP contribution in [-0.4, -0.2) is 22.9 Å². The lowest BCUT2D eigenvalue weighted by molar-refractivity contribution is -0.138. The van der Waals surface area contributed by atoms with Gasteiger partial charge in [-0.2, -0.15) is 13.2 Å². The Labute approximate surface area is 136 Å². The maximum Gasteiger partial charge on any atom is 0.491 e. The molecule has 4 nitrogen and oxygen atoms in total. The molecule has 1 aromatic heterocycles. The fourth-order valence-corrected chi connectivity index (χ4v) is 2.67. The summed E-state index contributed by atoms with van der Waals surface area (Å²) in [5.41, 5.74) is 0.605. The SMILES string of the molecule is Cc1cc(C(F)(F)F)c(C(=O)Cc2ccc3c(c2)B(O)OC3)cn1. The number of aromatic nitrogens is 1. The zero-order valence-corrected chi connectivity index (χ0v) is 12.7. The number of carbonyl (C=O) groups is 1. The average Bonchev–Trinajstić information content (AvgIpc) is 2.87. The van der Waals surface area contributed by atoms with Gasteiger partial charge in [-0.15, -0.1) is 0 Å². The number of benzene rings is 1. The van der Waals surface area contributed by atoms with Gasteiger partial charge >= 0.3 is 13.3 Å². The van der Waals surface area contributed by atoms with Gasteiger partial charge < -0.3 is 9.68 Å². The standard InChI is InChI=1S/C16H13BF3NO3/c1-9-4-13(16(18,19)20)12(7-21-9)15(22)6-10-2-3-11-8-24-17(23)14(11)5-10/h2-5,7,23H,6,8H2,1H3. The lowest BCUT2D eigenvalue weighted by Gasteiger charge is -2.12. The highest BCUT2D eigenvalue weighted by molar-refractivity contribution is 6.61. The van der Waals surface area contributed by atoms with Crippen LogP contribution in [0, 0.1) is 6.92 Å². The van der Waals surface area contributed by atoms with E-state index in [1.54, 1.807) is 18.2 Å². The van der Waals surface area contributed by atoms with Gasteiger partial charge in [-0.3, -0.25) is 9.78 Å². The van der Waals surface area contributed by atoms with Crippen LogP contribution in [0.15, 0.2) is 30.5 Å². The van der Waals surface area contributed by atoms with Crippen molar-refractivity contribution in [2.24, 2.45) is 0 Å². The van der Waals surface area contributed by atoms with E-state index in [1.807, 2.05) is 0 Å². The number of aryl methyl sites for hydroxylation is 1. The maximum absolute atomic E-state index is 13.1. The molecular formula is C16H13BF3NO3. The number of hydrogen-bond acceptors (Lipinski definition) is 4. The summed E-state index contributed by atoms with van der Waals surface area (Å²) in [7, 11) is -1.07. The van der Waals surface area contributed by atoms with Crippen molar-refractivity contribution in [1.29, 1.82) is 0 Å².